The van der Waals surface area contributed by atoms with Gasteiger partial charge in [0.05, 0.1) is 12.7 Å². The van der Waals surface area contributed by atoms with Gasteiger partial charge in [-0.2, -0.15) is 0 Å². The van der Waals surface area contributed by atoms with Crippen LogP contribution in [0.3, 0.4) is 0 Å². The number of likely N-dealkylation sites (N-methyl/N-ethyl adjacent to an activating group) is 1. The first-order valence-electron chi connectivity index (χ1n) is 12.2. The summed E-state index contributed by atoms with van der Waals surface area (Å²) in [5.74, 6) is 3.76. The summed E-state index contributed by atoms with van der Waals surface area (Å²) >= 11 is 6.58. The Morgan fingerprint density at radius 2 is 1.68 bits per heavy atom. The summed E-state index contributed by atoms with van der Waals surface area (Å²) in [5.41, 5.74) is 1.09. The van der Waals surface area contributed by atoms with Crippen molar-refractivity contribution in [3.63, 3.8) is 0 Å². The average molecular weight is 410 g/mol. The van der Waals surface area contributed by atoms with Crippen LogP contribution in [0.4, 0.5) is 0 Å². The Morgan fingerprint density at radius 3 is 2.43 bits per heavy atom. The predicted molar refractivity (Wildman–Crippen MR) is 119 cm³/mol. The molecule has 0 bridgehead atoms. The van der Waals surface area contributed by atoms with Gasteiger partial charge in [-0.25, -0.2) is 0 Å². The molecule has 0 aliphatic heterocycles. The molecule has 0 heterocycles. The van der Waals surface area contributed by atoms with Crippen molar-refractivity contribution in [1.29, 1.82) is 0 Å². The highest BCUT2D eigenvalue weighted by atomic mass is 35.5. The Morgan fingerprint density at radius 1 is 0.964 bits per heavy atom. The fraction of sp³-hybridized carbons (Fsp3) is 1.00. The van der Waals surface area contributed by atoms with Crippen LogP contribution in [0.15, 0.2) is 0 Å². The third kappa shape index (κ3) is 3.58. The predicted octanol–water partition coefficient (Wildman–Crippen LogP) is 6.36. The van der Waals surface area contributed by atoms with Crippen LogP contribution in [-0.2, 0) is 4.74 Å². The van der Waals surface area contributed by atoms with Crippen molar-refractivity contribution in [2.24, 2.45) is 34.5 Å². The Bertz CT molecular complexity index is 553. The fourth-order valence-electron chi connectivity index (χ4n) is 8.49. The van der Waals surface area contributed by atoms with Crippen LogP contribution in [0.5, 0.6) is 0 Å². The molecule has 2 nitrogen and oxygen atoms in total. The number of alkyl halides is 1. The summed E-state index contributed by atoms with van der Waals surface area (Å²) in [6.45, 7) is 11.5. The number of rotatable bonds is 5. The lowest BCUT2D eigenvalue weighted by atomic mass is 9.45. The third-order valence-corrected chi connectivity index (χ3v) is 10.4. The molecule has 0 saturated heterocycles. The van der Waals surface area contributed by atoms with E-state index in [-0.39, 0.29) is 0 Å². The zero-order valence-corrected chi connectivity index (χ0v) is 19.8. The molecular formula is C25H44ClNO. The van der Waals surface area contributed by atoms with Gasteiger partial charge in [0.15, 0.2) is 0 Å². The molecule has 162 valence electrons. The molecule has 4 aliphatic carbocycles. The van der Waals surface area contributed by atoms with Gasteiger partial charge in [-0.05, 0) is 113 Å². The lowest BCUT2D eigenvalue weighted by Crippen LogP contribution is -2.55. The van der Waals surface area contributed by atoms with E-state index in [9.17, 15) is 0 Å². The standard InChI is InChI=1S/C25H44ClNO/c1-17(2)28-15-14-27(5)23-9-8-21-20-7-6-18-16-19(26)10-12-24(18,3)22(20)11-13-25(21,23)4/h17-23H,6-16H2,1-5H3/t18?,19?,20-,21-,22-,23-,24-,25-/m0/s1. The van der Waals surface area contributed by atoms with Crippen LogP contribution in [0, 0.1) is 34.5 Å². The summed E-state index contributed by atoms with van der Waals surface area (Å²) in [6, 6.07) is 0.748. The molecule has 0 aromatic heterocycles. The van der Waals surface area contributed by atoms with Gasteiger partial charge in [0.1, 0.15) is 0 Å². The van der Waals surface area contributed by atoms with E-state index in [1.807, 2.05) is 0 Å². The van der Waals surface area contributed by atoms with Crippen LogP contribution < -0.4 is 0 Å². The quantitative estimate of drug-likeness (QED) is 0.489. The van der Waals surface area contributed by atoms with E-state index < -0.39 is 0 Å². The summed E-state index contributed by atoms with van der Waals surface area (Å²) in [4.78, 5) is 2.65. The number of hydrogen-bond donors (Lipinski definition) is 0. The molecule has 2 unspecified atom stereocenters. The monoisotopic (exact) mass is 409 g/mol. The molecule has 4 rings (SSSR count). The first kappa shape index (κ1) is 21.4. The van der Waals surface area contributed by atoms with Crippen molar-refractivity contribution >= 4 is 11.6 Å². The first-order chi connectivity index (χ1) is 13.3. The van der Waals surface area contributed by atoms with Crippen LogP contribution in [0.1, 0.15) is 85.5 Å². The minimum absolute atomic E-state index is 0.342. The number of ether oxygens (including phenoxy) is 1. The molecule has 0 N–H and O–H groups in total. The lowest BCUT2D eigenvalue weighted by molar-refractivity contribution is -0.113. The minimum Gasteiger partial charge on any atom is -0.377 e. The highest BCUT2D eigenvalue weighted by molar-refractivity contribution is 6.20. The number of fused-ring (bicyclic) bond motifs is 5. The summed E-state index contributed by atoms with van der Waals surface area (Å²) < 4.78 is 5.86. The summed E-state index contributed by atoms with van der Waals surface area (Å²) in [5, 5.41) is 0.445. The first-order valence-corrected chi connectivity index (χ1v) is 12.6. The summed E-state index contributed by atoms with van der Waals surface area (Å²) in [7, 11) is 2.36. The molecule has 0 aromatic carbocycles. The SMILES string of the molecule is CC(C)OCCN(C)[C@H]1CC[C@H]2[C@@H]3CCC4CC(Cl)CC[C@]4(C)[C@H]3CC[C@]12C. The Hall–Kier alpha value is 0.210. The molecule has 8 atom stereocenters. The largest absolute Gasteiger partial charge is 0.377 e. The molecule has 3 heteroatoms. The van der Waals surface area contributed by atoms with Crippen molar-refractivity contribution in [2.75, 3.05) is 20.2 Å². The van der Waals surface area contributed by atoms with Gasteiger partial charge in [0.25, 0.3) is 0 Å². The molecule has 4 saturated carbocycles. The number of hydrogen-bond acceptors (Lipinski definition) is 2. The van der Waals surface area contributed by atoms with E-state index in [0.717, 1.165) is 42.9 Å². The molecule has 0 radical (unpaired) electrons. The smallest absolute Gasteiger partial charge is 0.0596 e. The molecule has 0 amide bonds. The molecule has 0 aromatic rings. The molecule has 28 heavy (non-hydrogen) atoms. The van der Waals surface area contributed by atoms with E-state index in [1.54, 1.807) is 0 Å². The summed E-state index contributed by atoms with van der Waals surface area (Å²) in [6.07, 6.45) is 12.9. The fourth-order valence-corrected chi connectivity index (χ4v) is 8.81. The van der Waals surface area contributed by atoms with Gasteiger partial charge in [-0.3, -0.25) is 0 Å². The maximum atomic E-state index is 6.58. The van der Waals surface area contributed by atoms with Gasteiger partial charge in [0.2, 0.25) is 0 Å². The highest BCUT2D eigenvalue weighted by Gasteiger charge is 2.60. The molecule has 4 fully saturated rings. The van der Waals surface area contributed by atoms with Crippen LogP contribution in [-0.4, -0.2) is 42.6 Å². The maximum Gasteiger partial charge on any atom is 0.0596 e. The Balaban J connectivity index is 1.46. The van der Waals surface area contributed by atoms with E-state index in [0.29, 0.717) is 22.3 Å². The van der Waals surface area contributed by atoms with Crippen LogP contribution in [0.2, 0.25) is 0 Å². The van der Waals surface area contributed by atoms with Crippen molar-refractivity contribution in [3.8, 4) is 0 Å². The van der Waals surface area contributed by atoms with Gasteiger partial charge >= 0.3 is 0 Å². The topological polar surface area (TPSA) is 12.5 Å². The van der Waals surface area contributed by atoms with Crippen molar-refractivity contribution in [3.05, 3.63) is 0 Å². The van der Waals surface area contributed by atoms with E-state index >= 15 is 0 Å². The average Bonchev–Trinajstić information content (AvgIpc) is 2.99. The number of halogens is 1. The second-order valence-electron chi connectivity index (χ2n) is 11.6. The van der Waals surface area contributed by atoms with Crippen molar-refractivity contribution < 1.29 is 4.74 Å². The normalized spacial score (nSPS) is 48.4. The maximum absolute atomic E-state index is 6.58. The van der Waals surface area contributed by atoms with Gasteiger partial charge in [-0.15, -0.1) is 11.6 Å². The van der Waals surface area contributed by atoms with E-state index in [4.69, 9.17) is 16.3 Å². The third-order valence-electron chi connectivity index (χ3n) is 9.98. The van der Waals surface area contributed by atoms with Crippen LogP contribution >= 0.6 is 11.6 Å². The van der Waals surface area contributed by atoms with Crippen molar-refractivity contribution in [1.82, 2.24) is 4.90 Å². The van der Waals surface area contributed by atoms with Crippen LogP contribution in [0.25, 0.3) is 0 Å². The lowest BCUT2D eigenvalue weighted by Gasteiger charge is -2.61. The number of nitrogens with zero attached hydrogens (tertiary/aromatic N) is 1. The Kier molecular flexibility index (Phi) is 6.16. The zero-order valence-electron chi connectivity index (χ0n) is 19.1. The second kappa shape index (κ2) is 8.04. The zero-order chi connectivity index (χ0) is 20.1. The van der Waals surface area contributed by atoms with Gasteiger partial charge < -0.3 is 9.64 Å². The van der Waals surface area contributed by atoms with E-state index in [1.165, 1.54) is 57.8 Å². The van der Waals surface area contributed by atoms with E-state index in [2.05, 4.69) is 39.6 Å². The Labute approximate surface area is 179 Å². The van der Waals surface area contributed by atoms with Crippen molar-refractivity contribution in [2.45, 2.75) is 103 Å². The van der Waals surface area contributed by atoms with Gasteiger partial charge in [0, 0.05) is 18.0 Å². The molecule has 0 spiro atoms. The van der Waals surface area contributed by atoms with Gasteiger partial charge in [-0.1, -0.05) is 13.8 Å². The minimum atomic E-state index is 0.342. The second-order valence-corrected chi connectivity index (χ2v) is 12.2. The highest BCUT2D eigenvalue weighted by Crippen LogP contribution is 2.66. The molecular weight excluding hydrogens is 366 g/mol. The molecule has 4 aliphatic rings.